The smallest absolute Gasteiger partial charge is 0.411 e. The zero-order valence-corrected chi connectivity index (χ0v) is 27.1. The number of aryl methyl sites for hydroxylation is 1. The predicted octanol–water partition coefficient (Wildman–Crippen LogP) is 8.92. The number of rotatable bonds is 10. The van der Waals surface area contributed by atoms with Gasteiger partial charge in [0, 0.05) is 5.92 Å². The van der Waals surface area contributed by atoms with E-state index in [1.54, 1.807) is 4.90 Å². The van der Waals surface area contributed by atoms with Crippen LogP contribution in [-0.2, 0) is 26.1 Å². The van der Waals surface area contributed by atoms with Crippen molar-refractivity contribution in [3.8, 4) is 0 Å². The van der Waals surface area contributed by atoms with Crippen LogP contribution >= 0.6 is 0 Å². The molecule has 0 bridgehead atoms. The number of cyclic esters (lactones) is 1. The van der Waals surface area contributed by atoms with E-state index in [4.69, 9.17) is 9.47 Å². The Bertz CT molecular complexity index is 1530. The van der Waals surface area contributed by atoms with Crippen molar-refractivity contribution in [3.63, 3.8) is 0 Å². The molecule has 5 unspecified atom stereocenters. The van der Waals surface area contributed by atoms with E-state index in [2.05, 4.69) is 57.2 Å². The summed E-state index contributed by atoms with van der Waals surface area (Å²) in [6.07, 6.45) is 2.65. The van der Waals surface area contributed by atoms with Crippen LogP contribution in [0, 0.1) is 11.8 Å². The Morgan fingerprint density at radius 3 is 1.96 bits per heavy atom. The molecule has 1 amide bonds. The quantitative estimate of drug-likeness (QED) is 0.167. The lowest BCUT2D eigenvalue weighted by molar-refractivity contribution is -0.163. The zero-order chi connectivity index (χ0) is 32.1. The lowest BCUT2D eigenvalue weighted by Crippen LogP contribution is -2.50. The molecule has 6 rings (SSSR count). The minimum atomic E-state index is -0.889. The van der Waals surface area contributed by atoms with E-state index in [1.165, 1.54) is 5.56 Å². The van der Waals surface area contributed by atoms with E-state index >= 15 is 0 Å². The first-order valence-electron chi connectivity index (χ1n) is 16.7. The highest BCUT2D eigenvalue weighted by Crippen LogP contribution is 2.45. The van der Waals surface area contributed by atoms with Crippen molar-refractivity contribution in [2.45, 2.75) is 82.6 Å². The molecule has 5 nitrogen and oxygen atoms in total. The Kier molecular flexibility index (Phi) is 9.58. The van der Waals surface area contributed by atoms with Crippen LogP contribution in [0.5, 0.6) is 0 Å². The first kappa shape index (κ1) is 31.6. The summed E-state index contributed by atoms with van der Waals surface area (Å²) in [5.74, 6) is 0.200. The van der Waals surface area contributed by atoms with E-state index in [0.29, 0.717) is 18.8 Å². The van der Waals surface area contributed by atoms with Gasteiger partial charge in [0.15, 0.2) is 6.04 Å². The molecule has 1 saturated heterocycles. The molecular formula is C41H45NO4. The maximum atomic E-state index is 14.7. The van der Waals surface area contributed by atoms with Crippen LogP contribution in [0.4, 0.5) is 4.79 Å². The summed E-state index contributed by atoms with van der Waals surface area (Å²) < 4.78 is 12.7. The van der Waals surface area contributed by atoms with Crippen molar-refractivity contribution >= 4 is 12.1 Å². The maximum Gasteiger partial charge on any atom is 0.411 e. The Morgan fingerprint density at radius 1 is 0.826 bits per heavy atom. The van der Waals surface area contributed by atoms with E-state index in [-0.39, 0.29) is 23.4 Å². The number of amides is 1. The highest BCUT2D eigenvalue weighted by Gasteiger charge is 2.52. The van der Waals surface area contributed by atoms with Gasteiger partial charge in [-0.05, 0) is 59.3 Å². The van der Waals surface area contributed by atoms with E-state index < -0.39 is 24.3 Å². The molecule has 0 N–H and O–H groups in total. The molecule has 46 heavy (non-hydrogen) atoms. The molecule has 2 fully saturated rings. The van der Waals surface area contributed by atoms with Crippen molar-refractivity contribution < 1.29 is 19.1 Å². The summed E-state index contributed by atoms with van der Waals surface area (Å²) in [5.41, 5.74) is 4.02. The van der Waals surface area contributed by atoms with Gasteiger partial charge in [0.1, 0.15) is 12.2 Å². The van der Waals surface area contributed by atoms with Gasteiger partial charge in [-0.3, -0.25) is 4.90 Å². The van der Waals surface area contributed by atoms with Crippen LogP contribution in [0.1, 0.15) is 74.8 Å². The summed E-state index contributed by atoms with van der Waals surface area (Å²) in [6, 6.07) is 39.1. The summed E-state index contributed by atoms with van der Waals surface area (Å²) in [6.45, 7) is 6.77. The van der Waals surface area contributed by atoms with Crippen molar-refractivity contribution in [1.29, 1.82) is 0 Å². The third-order valence-electron chi connectivity index (χ3n) is 10.2. The average molecular weight is 616 g/mol. The zero-order valence-electron chi connectivity index (χ0n) is 27.1. The van der Waals surface area contributed by atoms with Crippen LogP contribution in [0.25, 0.3) is 0 Å². The van der Waals surface area contributed by atoms with Crippen LogP contribution in [0.15, 0.2) is 121 Å². The second-order valence-electron chi connectivity index (χ2n) is 13.6. The summed E-state index contributed by atoms with van der Waals surface area (Å²) in [5, 5.41) is 0. The summed E-state index contributed by atoms with van der Waals surface area (Å²) >= 11 is 0. The van der Waals surface area contributed by atoms with Gasteiger partial charge in [0.2, 0.25) is 0 Å². The second-order valence-corrected chi connectivity index (χ2v) is 13.6. The number of benzene rings is 4. The molecule has 1 heterocycles. The number of esters is 1. The molecule has 4 aromatic rings. The van der Waals surface area contributed by atoms with Crippen molar-refractivity contribution in [3.05, 3.63) is 144 Å². The summed E-state index contributed by atoms with van der Waals surface area (Å²) in [4.78, 5) is 30.3. The van der Waals surface area contributed by atoms with Crippen LogP contribution in [0.3, 0.4) is 0 Å². The van der Waals surface area contributed by atoms with Crippen molar-refractivity contribution in [2.75, 3.05) is 0 Å². The molecule has 4 aromatic carbocycles. The fourth-order valence-electron chi connectivity index (χ4n) is 7.62. The number of carbonyl (C=O) groups is 2. The van der Waals surface area contributed by atoms with Gasteiger partial charge < -0.3 is 9.47 Å². The number of hydrogen-bond donors (Lipinski definition) is 0. The lowest BCUT2D eigenvalue weighted by atomic mass is 9.64. The largest absolute Gasteiger partial charge is 0.460 e. The Labute approximate surface area is 273 Å². The first-order valence-corrected chi connectivity index (χ1v) is 16.7. The number of carbonyl (C=O) groups excluding carboxylic acids is 2. The maximum absolute atomic E-state index is 14.7. The molecular weight excluding hydrogens is 570 g/mol. The second kappa shape index (κ2) is 13.9. The molecule has 238 valence electrons. The van der Waals surface area contributed by atoms with Crippen LogP contribution in [0.2, 0.25) is 0 Å². The van der Waals surface area contributed by atoms with Crippen LogP contribution < -0.4 is 0 Å². The molecule has 1 saturated carbocycles. The molecule has 0 spiro atoms. The van der Waals surface area contributed by atoms with Gasteiger partial charge in [0.25, 0.3) is 0 Å². The standard InChI is InChI=1S/C41H45NO4/c1-29-24-26-34(41(2,3)33-22-14-7-15-23-33)36(28-29)45-39(43)38-35(27-25-30-16-8-4-9-17-30)46-40(44)42(38)37(31-18-10-5-11-19-31)32-20-12-6-13-21-32/h4-23,29,34-38H,24-28H2,1-3H3. The topological polar surface area (TPSA) is 55.8 Å². The monoisotopic (exact) mass is 615 g/mol. The number of nitrogens with zero attached hydrogens (tertiary/aromatic N) is 1. The third kappa shape index (κ3) is 6.74. The van der Waals surface area contributed by atoms with Crippen molar-refractivity contribution in [2.24, 2.45) is 11.8 Å². The molecule has 0 aromatic heterocycles. The predicted molar refractivity (Wildman–Crippen MR) is 181 cm³/mol. The molecule has 2 aliphatic rings. The van der Waals surface area contributed by atoms with E-state index in [1.807, 2.05) is 84.9 Å². The molecule has 1 aliphatic heterocycles. The molecule has 1 aliphatic carbocycles. The lowest BCUT2D eigenvalue weighted by Gasteiger charge is -2.44. The fraction of sp³-hybridized carbons (Fsp3) is 0.366. The van der Waals surface area contributed by atoms with Gasteiger partial charge in [0.05, 0.1) is 6.04 Å². The Morgan fingerprint density at radius 2 is 1.37 bits per heavy atom. The SMILES string of the molecule is CC1CCC(C(C)(C)c2ccccc2)C(OC(=O)C2C(CCc3ccccc3)OC(=O)N2C(c2ccccc2)c2ccccc2)C1. The van der Waals surface area contributed by atoms with Crippen LogP contribution in [-0.4, -0.2) is 35.2 Å². The first-order chi connectivity index (χ1) is 22.3. The van der Waals surface area contributed by atoms with Gasteiger partial charge in [-0.25, -0.2) is 9.59 Å². The normalized spacial score (nSPS) is 23.3. The third-order valence-corrected chi connectivity index (χ3v) is 10.2. The number of ether oxygens (including phenoxy) is 2. The Hall–Kier alpha value is -4.38. The highest BCUT2D eigenvalue weighted by atomic mass is 16.6. The van der Waals surface area contributed by atoms with Gasteiger partial charge >= 0.3 is 12.1 Å². The average Bonchev–Trinajstić information content (AvgIpc) is 3.41. The number of hydrogen-bond acceptors (Lipinski definition) is 4. The fourth-order valence-corrected chi connectivity index (χ4v) is 7.62. The van der Waals surface area contributed by atoms with Crippen molar-refractivity contribution in [1.82, 2.24) is 4.90 Å². The van der Waals surface area contributed by atoms with Gasteiger partial charge in [-0.2, -0.15) is 0 Å². The Balaban J connectivity index is 1.36. The minimum Gasteiger partial charge on any atom is -0.460 e. The summed E-state index contributed by atoms with van der Waals surface area (Å²) in [7, 11) is 0. The van der Waals surface area contributed by atoms with Gasteiger partial charge in [-0.1, -0.05) is 149 Å². The van der Waals surface area contributed by atoms with Gasteiger partial charge in [-0.15, -0.1) is 0 Å². The minimum absolute atomic E-state index is 0.142. The molecule has 0 radical (unpaired) electrons. The van der Waals surface area contributed by atoms with E-state index in [0.717, 1.165) is 36.0 Å². The highest BCUT2D eigenvalue weighted by molar-refractivity contribution is 5.86. The molecule has 5 atom stereocenters. The van der Waals surface area contributed by atoms with E-state index in [9.17, 15) is 9.59 Å². The molecule has 5 heteroatoms.